The first kappa shape index (κ1) is 11.8. The summed E-state index contributed by atoms with van der Waals surface area (Å²) in [7, 11) is 0. The van der Waals surface area contributed by atoms with Gasteiger partial charge in [-0.05, 0) is 38.0 Å². The third-order valence-corrected chi connectivity index (χ3v) is 3.84. The lowest BCUT2D eigenvalue weighted by Crippen LogP contribution is -2.14. The molecular weight excluding hydrogens is 224 g/mol. The van der Waals surface area contributed by atoms with Crippen LogP contribution in [0.25, 0.3) is 0 Å². The molecule has 4 nitrogen and oxygen atoms in total. The van der Waals surface area contributed by atoms with E-state index in [2.05, 4.69) is 34.4 Å². The zero-order valence-corrected chi connectivity index (χ0v) is 11.3. The highest BCUT2D eigenvalue weighted by Crippen LogP contribution is 2.45. The van der Waals surface area contributed by atoms with Crippen LogP contribution in [-0.2, 0) is 0 Å². The molecule has 2 fully saturated rings. The number of nitrogens with one attached hydrogen (secondary N) is 2. The van der Waals surface area contributed by atoms with Gasteiger partial charge in [0.25, 0.3) is 0 Å². The van der Waals surface area contributed by atoms with Crippen LogP contribution in [0.2, 0.25) is 0 Å². The number of nitrogens with zero attached hydrogens (tertiary/aromatic N) is 2. The van der Waals surface area contributed by atoms with Gasteiger partial charge in [0.05, 0.1) is 0 Å². The molecule has 0 spiro atoms. The van der Waals surface area contributed by atoms with Gasteiger partial charge < -0.3 is 10.6 Å². The Morgan fingerprint density at radius 1 is 1.22 bits per heavy atom. The zero-order valence-electron chi connectivity index (χ0n) is 11.3. The van der Waals surface area contributed by atoms with Gasteiger partial charge in [-0.25, -0.2) is 9.97 Å². The molecule has 1 heterocycles. The van der Waals surface area contributed by atoms with Crippen molar-refractivity contribution in [2.45, 2.75) is 45.4 Å². The van der Waals surface area contributed by atoms with Crippen LogP contribution in [-0.4, -0.2) is 23.1 Å². The van der Waals surface area contributed by atoms with Crippen molar-refractivity contribution in [3.05, 3.63) is 11.9 Å². The van der Waals surface area contributed by atoms with Gasteiger partial charge in [-0.3, -0.25) is 0 Å². The minimum absolute atomic E-state index is 0.503. The van der Waals surface area contributed by atoms with Gasteiger partial charge in [-0.2, -0.15) is 0 Å². The molecule has 2 saturated carbocycles. The molecule has 18 heavy (non-hydrogen) atoms. The minimum Gasteiger partial charge on any atom is -0.370 e. The number of anilines is 2. The van der Waals surface area contributed by atoms with Gasteiger partial charge >= 0.3 is 0 Å². The van der Waals surface area contributed by atoms with Gasteiger partial charge in [-0.1, -0.05) is 6.92 Å². The Kier molecular flexibility index (Phi) is 2.88. The molecule has 0 amide bonds. The molecule has 0 unspecified atom stereocenters. The predicted molar refractivity (Wildman–Crippen MR) is 74.0 cm³/mol. The fraction of sp³-hybridized carbons (Fsp3) is 0.714. The SMILES string of the molecule is CCNc1cc(NCC2(C)CC2)nc(C2CC2)n1. The Morgan fingerprint density at radius 3 is 2.44 bits per heavy atom. The van der Waals surface area contributed by atoms with Gasteiger partial charge in [0.2, 0.25) is 0 Å². The van der Waals surface area contributed by atoms with Crippen molar-refractivity contribution in [2.75, 3.05) is 23.7 Å². The van der Waals surface area contributed by atoms with E-state index in [1.807, 2.05) is 6.07 Å². The van der Waals surface area contributed by atoms with Crippen LogP contribution >= 0.6 is 0 Å². The summed E-state index contributed by atoms with van der Waals surface area (Å²) in [6.45, 7) is 6.35. The molecular formula is C14H22N4. The molecule has 0 atom stereocenters. The molecule has 0 bridgehead atoms. The standard InChI is InChI=1S/C14H22N4/c1-3-15-11-8-12(16-9-14(2)6-7-14)18-13(17-11)10-4-5-10/h8,10H,3-7,9H2,1-2H3,(H2,15,16,17,18). The summed E-state index contributed by atoms with van der Waals surface area (Å²) in [4.78, 5) is 9.23. The van der Waals surface area contributed by atoms with Crippen LogP contribution in [0.15, 0.2) is 6.07 Å². The molecule has 3 rings (SSSR count). The number of rotatable bonds is 6. The molecule has 4 heteroatoms. The van der Waals surface area contributed by atoms with E-state index >= 15 is 0 Å². The molecule has 1 aromatic rings. The lowest BCUT2D eigenvalue weighted by Gasteiger charge is -2.13. The van der Waals surface area contributed by atoms with E-state index in [4.69, 9.17) is 0 Å². The fourth-order valence-corrected chi connectivity index (χ4v) is 2.05. The maximum absolute atomic E-state index is 4.65. The largest absolute Gasteiger partial charge is 0.370 e. The monoisotopic (exact) mass is 246 g/mol. The van der Waals surface area contributed by atoms with Crippen LogP contribution in [0.1, 0.15) is 51.3 Å². The lowest BCUT2D eigenvalue weighted by atomic mass is 10.1. The molecule has 2 aliphatic rings. The molecule has 1 aromatic heterocycles. The second-order valence-electron chi connectivity index (χ2n) is 5.97. The molecule has 98 valence electrons. The quantitative estimate of drug-likeness (QED) is 0.810. The number of aromatic nitrogens is 2. The van der Waals surface area contributed by atoms with Crippen LogP contribution in [0.3, 0.4) is 0 Å². The van der Waals surface area contributed by atoms with Crippen molar-refractivity contribution in [3.8, 4) is 0 Å². The van der Waals surface area contributed by atoms with E-state index < -0.39 is 0 Å². The first-order valence-electron chi connectivity index (χ1n) is 7.05. The van der Waals surface area contributed by atoms with Crippen molar-refractivity contribution < 1.29 is 0 Å². The lowest BCUT2D eigenvalue weighted by molar-refractivity contribution is 0.609. The summed E-state index contributed by atoms with van der Waals surface area (Å²) in [6.07, 6.45) is 5.15. The summed E-state index contributed by atoms with van der Waals surface area (Å²) in [5, 5.41) is 6.77. The van der Waals surface area contributed by atoms with Crippen molar-refractivity contribution in [1.82, 2.24) is 9.97 Å². The van der Waals surface area contributed by atoms with Crippen LogP contribution < -0.4 is 10.6 Å². The Balaban J connectivity index is 1.73. The smallest absolute Gasteiger partial charge is 0.136 e. The maximum atomic E-state index is 4.65. The number of hydrogen-bond acceptors (Lipinski definition) is 4. The van der Waals surface area contributed by atoms with E-state index in [-0.39, 0.29) is 0 Å². The summed E-state index contributed by atoms with van der Waals surface area (Å²) in [5.41, 5.74) is 0.503. The minimum atomic E-state index is 0.503. The highest BCUT2D eigenvalue weighted by molar-refractivity contribution is 5.48. The average Bonchev–Trinajstić information content (AvgIpc) is 3.23. The molecule has 0 radical (unpaired) electrons. The molecule has 0 aromatic carbocycles. The highest BCUT2D eigenvalue weighted by Gasteiger charge is 2.37. The summed E-state index contributed by atoms with van der Waals surface area (Å²) in [5.74, 6) is 3.55. The fourth-order valence-electron chi connectivity index (χ4n) is 2.05. The van der Waals surface area contributed by atoms with E-state index in [1.54, 1.807) is 0 Å². The Bertz CT molecular complexity index is 435. The van der Waals surface area contributed by atoms with Crippen LogP contribution in [0, 0.1) is 5.41 Å². The second-order valence-corrected chi connectivity index (χ2v) is 5.97. The van der Waals surface area contributed by atoms with Crippen molar-refractivity contribution in [2.24, 2.45) is 5.41 Å². The van der Waals surface area contributed by atoms with Gasteiger partial charge in [0.1, 0.15) is 17.5 Å². The molecule has 0 saturated heterocycles. The zero-order chi connectivity index (χ0) is 12.6. The van der Waals surface area contributed by atoms with Gasteiger partial charge in [-0.15, -0.1) is 0 Å². The van der Waals surface area contributed by atoms with E-state index in [0.717, 1.165) is 30.5 Å². The third kappa shape index (κ3) is 2.74. The summed E-state index contributed by atoms with van der Waals surface area (Å²) in [6, 6.07) is 2.03. The highest BCUT2D eigenvalue weighted by atomic mass is 15.1. The maximum Gasteiger partial charge on any atom is 0.136 e. The van der Waals surface area contributed by atoms with Crippen molar-refractivity contribution in [3.63, 3.8) is 0 Å². The summed E-state index contributed by atoms with van der Waals surface area (Å²) < 4.78 is 0. The van der Waals surface area contributed by atoms with Crippen molar-refractivity contribution >= 4 is 11.6 Å². The third-order valence-electron chi connectivity index (χ3n) is 3.84. The Morgan fingerprint density at radius 2 is 1.89 bits per heavy atom. The predicted octanol–water partition coefficient (Wildman–Crippen LogP) is 3.00. The van der Waals surface area contributed by atoms with E-state index in [0.29, 0.717) is 11.3 Å². The first-order chi connectivity index (χ1) is 8.68. The topological polar surface area (TPSA) is 49.8 Å². The Hall–Kier alpha value is -1.32. The van der Waals surface area contributed by atoms with Gasteiger partial charge in [0, 0.05) is 25.1 Å². The van der Waals surface area contributed by atoms with Crippen molar-refractivity contribution in [1.29, 1.82) is 0 Å². The molecule has 2 aliphatic carbocycles. The molecule has 0 aliphatic heterocycles. The van der Waals surface area contributed by atoms with Crippen LogP contribution in [0.5, 0.6) is 0 Å². The number of hydrogen-bond donors (Lipinski definition) is 2. The first-order valence-corrected chi connectivity index (χ1v) is 7.05. The summed E-state index contributed by atoms with van der Waals surface area (Å²) >= 11 is 0. The van der Waals surface area contributed by atoms with E-state index in [1.165, 1.54) is 25.7 Å². The van der Waals surface area contributed by atoms with Gasteiger partial charge in [0.15, 0.2) is 0 Å². The molecule has 2 N–H and O–H groups in total. The average molecular weight is 246 g/mol. The second kappa shape index (κ2) is 4.41. The van der Waals surface area contributed by atoms with Crippen LogP contribution in [0.4, 0.5) is 11.6 Å². The van der Waals surface area contributed by atoms with E-state index in [9.17, 15) is 0 Å². The Labute approximate surface area is 109 Å². The normalized spacial score (nSPS) is 20.6.